The van der Waals surface area contributed by atoms with Crippen molar-refractivity contribution in [2.75, 3.05) is 25.5 Å². The zero-order chi connectivity index (χ0) is 28.0. The van der Waals surface area contributed by atoms with Crippen LogP contribution in [0, 0.1) is 6.92 Å². The number of anilines is 1. The Morgan fingerprint density at radius 1 is 1.23 bits per heavy atom. The predicted octanol–water partition coefficient (Wildman–Crippen LogP) is 4.28. The lowest BCUT2D eigenvalue weighted by Crippen LogP contribution is -2.45. The molecule has 0 unspecified atom stereocenters. The molecule has 2 amide bonds. The van der Waals surface area contributed by atoms with Crippen molar-refractivity contribution in [1.29, 1.82) is 0 Å². The smallest absolute Gasteiger partial charge is 0.410 e. The Kier molecular flexibility index (Phi) is 6.93. The van der Waals surface area contributed by atoms with Gasteiger partial charge >= 0.3 is 6.09 Å². The summed E-state index contributed by atoms with van der Waals surface area (Å²) in [5, 5.41) is 8.01. The molecule has 2 atom stereocenters. The summed E-state index contributed by atoms with van der Waals surface area (Å²) in [6.45, 7) is 3.15. The van der Waals surface area contributed by atoms with Crippen LogP contribution in [0.15, 0.2) is 47.4 Å². The van der Waals surface area contributed by atoms with Crippen molar-refractivity contribution >= 4 is 51.5 Å². The maximum atomic E-state index is 13.8. The Morgan fingerprint density at radius 2 is 2.02 bits per heavy atom. The molecule has 6 rings (SSSR count). The van der Waals surface area contributed by atoms with Gasteiger partial charge in [0.1, 0.15) is 22.3 Å². The van der Waals surface area contributed by atoms with Crippen LogP contribution in [0.5, 0.6) is 0 Å². The summed E-state index contributed by atoms with van der Waals surface area (Å²) in [4.78, 5) is 49.6. The van der Waals surface area contributed by atoms with E-state index in [4.69, 9.17) is 21.3 Å². The summed E-state index contributed by atoms with van der Waals surface area (Å²) in [6, 6.07) is 11.2. The van der Waals surface area contributed by atoms with Crippen molar-refractivity contribution in [2.24, 2.45) is 0 Å². The van der Waals surface area contributed by atoms with Gasteiger partial charge in [-0.3, -0.25) is 14.2 Å². The van der Waals surface area contributed by atoms with E-state index in [0.29, 0.717) is 51.3 Å². The van der Waals surface area contributed by atoms with Crippen LogP contribution in [0.3, 0.4) is 0 Å². The van der Waals surface area contributed by atoms with E-state index in [0.717, 1.165) is 29.7 Å². The summed E-state index contributed by atoms with van der Waals surface area (Å²) in [7, 11) is 1.58. The number of thiazole rings is 1. The minimum Gasteiger partial charge on any atom is -0.447 e. The van der Waals surface area contributed by atoms with Gasteiger partial charge in [-0.25, -0.2) is 14.8 Å². The van der Waals surface area contributed by atoms with Gasteiger partial charge in [-0.15, -0.1) is 11.3 Å². The van der Waals surface area contributed by atoms with E-state index in [-0.39, 0.29) is 29.6 Å². The molecule has 0 bridgehead atoms. The van der Waals surface area contributed by atoms with Crippen LogP contribution < -0.4 is 16.2 Å². The minimum absolute atomic E-state index is 0.0169. The molecule has 12 heteroatoms. The molecule has 4 aromatic rings. The molecule has 2 aromatic heterocycles. The molecule has 10 nitrogen and oxygen atoms in total. The zero-order valence-corrected chi connectivity index (χ0v) is 23.5. The Morgan fingerprint density at radius 3 is 2.80 bits per heavy atom. The quantitative estimate of drug-likeness (QED) is 0.350. The molecule has 0 radical (unpaired) electrons. The first-order chi connectivity index (χ1) is 19.3. The van der Waals surface area contributed by atoms with E-state index in [9.17, 15) is 14.4 Å². The monoisotopic (exact) mass is 578 g/mol. The van der Waals surface area contributed by atoms with E-state index in [1.165, 1.54) is 11.3 Å². The van der Waals surface area contributed by atoms with Crippen molar-refractivity contribution in [1.82, 2.24) is 24.8 Å². The fourth-order valence-corrected chi connectivity index (χ4v) is 6.33. The maximum absolute atomic E-state index is 13.8. The predicted molar refractivity (Wildman–Crippen MR) is 154 cm³/mol. The van der Waals surface area contributed by atoms with Gasteiger partial charge in [0, 0.05) is 35.9 Å². The van der Waals surface area contributed by atoms with Crippen LogP contribution in [0.1, 0.15) is 33.9 Å². The SMILES string of the molecule is CNC(=O)c1cnc(-c2cc3nc(C)n(Cc4ccc(Cl)cc4)c(=O)c3cc2N[C@H]2CCN3C(=O)OC[C@@H]3C2)s1. The van der Waals surface area contributed by atoms with Gasteiger partial charge < -0.3 is 20.3 Å². The molecule has 4 heterocycles. The zero-order valence-electron chi connectivity index (χ0n) is 21.9. The number of aromatic nitrogens is 3. The fourth-order valence-electron chi connectivity index (χ4n) is 5.31. The van der Waals surface area contributed by atoms with Crippen LogP contribution in [-0.2, 0) is 11.3 Å². The third-order valence-corrected chi connectivity index (χ3v) is 8.72. The summed E-state index contributed by atoms with van der Waals surface area (Å²) < 4.78 is 6.89. The Bertz CT molecular complexity index is 1680. The van der Waals surface area contributed by atoms with E-state index < -0.39 is 0 Å². The number of nitrogens with one attached hydrogen (secondary N) is 2. The third-order valence-electron chi connectivity index (χ3n) is 7.43. The second-order valence-corrected chi connectivity index (χ2v) is 11.5. The molecular weight excluding hydrogens is 552 g/mol. The third kappa shape index (κ3) is 4.90. The number of fused-ring (bicyclic) bond motifs is 2. The number of ether oxygens (including phenoxy) is 1. The number of rotatable bonds is 6. The first-order valence-corrected chi connectivity index (χ1v) is 14.2. The topological polar surface area (TPSA) is 118 Å². The second-order valence-electron chi connectivity index (χ2n) is 9.99. The number of hydrogen-bond donors (Lipinski definition) is 2. The molecule has 2 aliphatic heterocycles. The van der Waals surface area contributed by atoms with Crippen molar-refractivity contribution in [3.8, 4) is 10.6 Å². The molecule has 2 N–H and O–H groups in total. The lowest BCUT2D eigenvalue weighted by atomic mass is 9.97. The number of carbonyl (C=O) groups excluding carboxylic acids is 2. The minimum atomic E-state index is -0.262. The van der Waals surface area contributed by atoms with Crippen molar-refractivity contribution in [2.45, 2.75) is 38.4 Å². The standard InChI is InChI=1S/C28H27ClN6O4S/c1-15-32-23-10-20(26-31-12-24(40-26)25(36)30-2)22(33-18-7-8-34-19(9-18)14-39-28(34)38)11-21(23)27(37)35(15)13-16-3-5-17(29)6-4-16/h3-6,10-12,18-19,33H,7-9,13-14H2,1-2H3,(H,30,36)/t18-,19-/m0/s1. The van der Waals surface area contributed by atoms with Gasteiger partial charge in [-0.1, -0.05) is 23.7 Å². The van der Waals surface area contributed by atoms with Gasteiger partial charge in [0.05, 0.1) is 29.7 Å². The number of aryl methyl sites for hydroxylation is 1. The average Bonchev–Trinajstić information content (AvgIpc) is 3.59. The van der Waals surface area contributed by atoms with Crippen molar-refractivity contribution < 1.29 is 14.3 Å². The number of halogens is 1. The molecule has 0 spiro atoms. The number of hydrogen-bond acceptors (Lipinski definition) is 8. The molecule has 2 aromatic carbocycles. The molecule has 2 aliphatic rings. The normalized spacial score (nSPS) is 18.5. The largest absolute Gasteiger partial charge is 0.447 e. The molecule has 206 valence electrons. The average molecular weight is 579 g/mol. The lowest BCUT2D eigenvalue weighted by molar-refractivity contribution is 0.0966. The number of carbonyl (C=O) groups is 2. The molecule has 40 heavy (non-hydrogen) atoms. The highest BCUT2D eigenvalue weighted by atomic mass is 35.5. The Hall–Kier alpha value is -3.96. The van der Waals surface area contributed by atoms with Crippen LogP contribution in [-0.4, -0.2) is 63.7 Å². The van der Waals surface area contributed by atoms with Gasteiger partial charge in [-0.05, 0) is 49.6 Å². The van der Waals surface area contributed by atoms with Crippen molar-refractivity contribution in [3.63, 3.8) is 0 Å². The lowest BCUT2D eigenvalue weighted by Gasteiger charge is -2.33. The summed E-state index contributed by atoms with van der Waals surface area (Å²) in [5.74, 6) is 0.374. The van der Waals surface area contributed by atoms with E-state index in [1.54, 1.807) is 34.8 Å². The van der Waals surface area contributed by atoms with Crippen LogP contribution in [0.4, 0.5) is 10.5 Å². The molecule has 0 aliphatic carbocycles. The number of benzene rings is 2. The first kappa shape index (κ1) is 26.3. The highest BCUT2D eigenvalue weighted by Crippen LogP contribution is 2.36. The number of nitrogens with zero attached hydrogens (tertiary/aromatic N) is 4. The van der Waals surface area contributed by atoms with Crippen molar-refractivity contribution in [3.05, 3.63) is 74.2 Å². The summed E-state index contributed by atoms with van der Waals surface area (Å²) in [6.07, 6.45) is 2.74. The van der Waals surface area contributed by atoms with Gasteiger partial charge in [0.2, 0.25) is 0 Å². The van der Waals surface area contributed by atoms with Gasteiger partial charge in [-0.2, -0.15) is 0 Å². The number of piperidine rings is 1. The van der Waals surface area contributed by atoms with Crippen LogP contribution >= 0.6 is 22.9 Å². The van der Waals surface area contributed by atoms with E-state index in [2.05, 4.69) is 15.6 Å². The summed E-state index contributed by atoms with van der Waals surface area (Å²) >= 11 is 7.32. The van der Waals surface area contributed by atoms with Gasteiger partial charge in [0.15, 0.2) is 0 Å². The Balaban J connectivity index is 1.42. The number of amides is 2. The molecule has 2 saturated heterocycles. The first-order valence-electron chi connectivity index (χ1n) is 13.0. The fraction of sp³-hybridized carbons (Fsp3) is 0.321. The molecule has 0 saturated carbocycles. The second kappa shape index (κ2) is 10.5. The highest BCUT2D eigenvalue weighted by molar-refractivity contribution is 7.17. The van der Waals surface area contributed by atoms with E-state index >= 15 is 0 Å². The maximum Gasteiger partial charge on any atom is 0.410 e. The van der Waals surface area contributed by atoms with Gasteiger partial charge in [0.25, 0.3) is 11.5 Å². The van der Waals surface area contributed by atoms with Crippen LogP contribution in [0.25, 0.3) is 21.5 Å². The Labute approximate surface area is 239 Å². The number of cyclic esters (lactones) is 1. The molecular formula is C28H27ClN6O4S. The molecule has 2 fully saturated rings. The van der Waals surface area contributed by atoms with Crippen LogP contribution in [0.2, 0.25) is 5.02 Å². The summed E-state index contributed by atoms with van der Waals surface area (Å²) in [5.41, 5.74) is 2.83. The van der Waals surface area contributed by atoms with E-state index in [1.807, 2.05) is 31.2 Å². The highest BCUT2D eigenvalue weighted by Gasteiger charge is 2.38.